The van der Waals surface area contributed by atoms with Crippen LogP contribution in [0.15, 0.2) is 11.3 Å². The van der Waals surface area contributed by atoms with Crippen LogP contribution in [0.4, 0.5) is 0 Å². The van der Waals surface area contributed by atoms with Crippen LogP contribution in [-0.2, 0) is 9.53 Å². The fourth-order valence-corrected chi connectivity index (χ4v) is 3.64. The molecule has 134 valence electrons. The zero-order valence-corrected chi connectivity index (χ0v) is 15.9. The van der Waals surface area contributed by atoms with Crippen LogP contribution in [0.3, 0.4) is 0 Å². The lowest BCUT2D eigenvalue weighted by atomic mass is 9.91. The number of hydrogen-bond acceptors (Lipinski definition) is 3. The van der Waals surface area contributed by atoms with Crippen LogP contribution < -0.4 is 5.73 Å². The first kappa shape index (κ1) is 20.2. The topological polar surface area (TPSA) is 52.3 Å². The second kappa shape index (κ2) is 10.1. The molecule has 0 amide bonds. The van der Waals surface area contributed by atoms with Crippen LogP contribution >= 0.6 is 0 Å². The molecular weight excluding hydrogens is 286 g/mol. The van der Waals surface area contributed by atoms with Crippen molar-refractivity contribution in [2.45, 2.75) is 85.1 Å². The summed E-state index contributed by atoms with van der Waals surface area (Å²) in [5.74, 6) is 2.19. The molecule has 0 saturated heterocycles. The number of carbonyl (C=O) groups excluding carboxylic acids is 1. The number of methoxy groups -OCH3 is 1. The third kappa shape index (κ3) is 5.95. The van der Waals surface area contributed by atoms with Crippen molar-refractivity contribution >= 4 is 5.78 Å². The third-order valence-corrected chi connectivity index (χ3v) is 5.42. The average Bonchev–Trinajstić information content (AvgIpc) is 3.34. The highest BCUT2D eigenvalue weighted by Crippen LogP contribution is 2.47. The summed E-state index contributed by atoms with van der Waals surface area (Å²) in [6.07, 6.45) is 9.17. The van der Waals surface area contributed by atoms with Gasteiger partial charge in [-0.05, 0) is 37.2 Å². The summed E-state index contributed by atoms with van der Waals surface area (Å²) in [7, 11) is 1.73. The maximum Gasteiger partial charge on any atom is 0.152 e. The first-order valence-electron chi connectivity index (χ1n) is 9.50. The third-order valence-electron chi connectivity index (χ3n) is 5.42. The number of unbranched alkanes of at least 4 members (excludes halogenated alkanes) is 4. The summed E-state index contributed by atoms with van der Waals surface area (Å²) >= 11 is 0. The number of Topliss-reactive ketones (excluding diaryl/α,β-unsaturated/α-hetero) is 1. The van der Waals surface area contributed by atoms with E-state index >= 15 is 0 Å². The summed E-state index contributed by atoms with van der Waals surface area (Å²) in [6.45, 7) is 8.50. The van der Waals surface area contributed by atoms with Crippen molar-refractivity contribution in [3.63, 3.8) is 0 Å². The molecule has 0 aromatic carbocycles. The molecule has 0 aromatic heterocycles. The lowest BCUT2D eigenvalue weighted by molar-refractivity contribution is -0.124. The Balaban J connectivity index is 2.41. The molecular formula is C20H37NO2. The summed E-state index contributed by atoms with van der Waals surface area (Å²) in [6, 6.07) is -0.296. The highest BCUT2D eigenvalue weighted by Gasteiger charge is 2.46. The van der Waals surface area contributed by atoms with E-state index in [0.29, 0.717) is 11.8 Å². The largest absolute Gasteiger partial charge is 0.501 e. The minimum Gasteiger partial charge on any atom is -0.501 e. The van der Waals surface area contributed by atoms with Gasteiger partial charge in [-0.25, -0.2) is 0 Å². The van der Waals surface area contributed by atoms with Crippen molar-refractivity contribution in [2.24, 2.45) is 23.5 Å². The van der Waals surface area contributed by atoms with E-state index in [1.54, 1.807) is 7.11 Å². The van der Waals surface area contributed by atoms with Crippen LogP contribution in [0.2, 0.25) is 0 Å². The number of allylic oxidation sites excluding steroid dienone is 2. The first-order valence-corrected chi connectivity index (χ1v) is 9.50. The molecule has 0 aliphatic heterocycles. The smallest absolute Gasteiger partial charge is 0.152 e. The molecule has 4 atom stereocenters. The van der Waals surface area contributed by atoms with E-state index in [1.165, 1.54) is 31.3 Å². The van der Waals surface area contributed by atoms with Gasteiger partial charge in [0, 0.05) is 12.3 Å². The fraction of sp³-hybridized carbons (Fsp3) is 0.850. The summed E-state index contributed by atoms with van der Waals surface area (Å²) in [4.78, 5) is 12.5. The average molecular weight is 324 g/mol. The minimum atomic E-state index is -0.296. The molecule has 3 heteroatoms. The van der Waals surface area contributed by atoms with Crippen molar-refractivity contribution in [2.75, 3.05) is 7.11 Å². The van der Waals surface area contributed by atoms with Gasteiger partial charge in [-0.15, -0.1) is 0 Å². The lowest BCUT2D eigenvalue weighted by Crippen LogP contribution is -2.37. The molecule has 1 saturated carbocycles. The zero-order valence-electron chi connectivity index (χ0n) is 15.9. The van der Waals surface area contributed by atoms with Crippen LogP contribution in [0.25, 0.3) is 0 Å². The van der Waals surface area contributed by atoms with E-state index in [9.17, 15) is 4.79 Å². The predicted octanol–water partition coefficient (Wildman–Crippen LogP) is 4.85. The van der Waals surface area contributed by atoms with Gasteiger partial charge in [0.05, 0.1) is 18.9 Å². The number of ether oxygens (including phenoxy) is 1. The molecule has 1 rings (SSSR count). The van der Waals surface area contributed by atoms with Crippen LogP contribution in [0.5, 0.6) is 0 Å². The van der Waals surface area contributed by atoms with E-state index in [-0.39, 0.29) is 17.7 Å². The standard InChI is InChI=1S/C20H37NO2/c1-6-8-9-10-11-12-14(3)20(22)19(21)17-13-16(17)15(4)18(7-2)23-5/h14,16-17,19H,6-13,21H2,1-5H3/b18-15+/t14-,16-,17?,19-/m0/s1. The van der Waals surface area contributed by atoms with Crippen molar-refractivity contribution in [3.8, 4) is 0 Å². The van der Waals surface area contributed by atoms with Gasteiger partial charge >= 0.3 is 0 Å². The number of nitrogens with two attached hydrogens (primary N) is 1. The second-order valence-electron chi connectivity index (χ2n) is 7.20. The van der Waals surface area contributed by atoms with Gasteiger partial charge in [-0.1, -0.05) is 52.9 Å². The Labute approximate surface area is 143 Å². The Hall–Kier alpha value is -0.830. The van der Waals surface area contributed by atoms with Crippen LogP contribution in [0.1, 0.15) is 79.1 Å². The normalized spacial score (nSPS) is 23.9. The highest BCUT2D eigenvalue weighted by molar-refractivity contribution is 5.86. The molecule has 3 nitrogen and oxygen atoms in total. The van der Waals surface area contributed by atoms with Gasteiger partial charge in [0.15, 0.2) is 5.78 Å². The maximum absolute atomic E-state index is 12.5. The number of rotatable bonds is 12. The van der Waals surface area contributed by atoms with Crippen molar-refractivity contribution in [1.82, 2.24) is 0 Å². The van der Waals surface area contributed by atoms with E-state index in [0.717, 1.165) is 31.4 Å². The summed E-state index contributed by atoms with van der Waals surface area (Å²) < 4.78 is 5.44. The van der Waals surface area contributed by atoms with Crippen molar-refractivity contribution < 1.29 is 9.53 Å². The first-order chi connectivity index (χ1) is 11.0. The molecule has 0 spiro atoms. The van der Waals surface area contributed by atoms with E-state index in [1.807, 2.05) is 0 Å². The number of hydrogen-bond donors (Lipinski definition) is 1. The van der Waals surface area contributed by atoms with Crippen molar-refractivity contribution in [3.05, 3.63) is 11.3 Å². The molecule has 1 unspecified atom stereocenters. The van der Waals surface area contributed by atoms with Gasteiger partial charge in [-0.3, -0.25) is 4.79 Å². The Kier molecular flexibility index (Phi) is 8.90. The molecule has 2 N–H and O–H groups in total. The molecule has 0 bridgehead atoms. The van der Waals surface area contributed by atoms with Gasteiger partial charge < -0.3 is 10.5 Å². The van der Waals surface area contributed by atoms with Gasteiger partial charge in [-0.2, -0.15) is 0 Å². The van der Waals surface area contributed by atoms with Gasteiger partial charge in [0.25, 0.3) is 0 Å². The predicted molar refractivity (Wildman–Crippen MR) is 97.1 cm³/mol. The minimum absolute atomic E-state index is 0.102. The Bertz CT molecular complexity index is 396. The molecule has 23 heavy (non-hydrogen) atoms. The van der Waals surface area contributed by atoms with Gasteiger partial charge in [0.2, 0.25) is 0 Å². The SMILES string of the molecule is CCCCCCC[C@H](C)C(=O)[C@@H](N)C1C[C@H]1/C(C)=C(\CC)OC. The monoisotopic (exact) mass is 323 g/mol. The van der Waals surface area contributed by atoms with E-state index in [2.05, 4.69) is 27.7 Å². The number of carbonyl (C=O) groups is 1. The van der Waals surface area contributed by atoms with E-state index in [4.69, 9.17) is 10.5 Å². The quantitative estimate of drug-likeness (QED) is 0.413. The van der Waals surface area contributed by atoms with E-state index < -0.39 is 0 Å². The molecule has 0 heterocycles. The second-order valence-corrected chi connectivity index (χ2v) is 7.20. The lowest BCUT2D eigenvalue weighted by Gasteiger charge is -2.17. The van der Waals surface area contributed by atoms with Crippen LogP contribution in [-0.4, -0.2) is 18.9 Å². The Morgan fingerprint density at radius 2 is 1.87 bits per heavy atom. The number of ketones is 1. The molecule has 1 aliphatic rings. The summed E-state index contributed by atoms with van der Waals surface area (Å²) in [5, 5.41) is 0. The molecule has 1 aliphatic carbocycles. The molecule has 0 radical (unpaired) electrons. The van der Waals surface area contributed by atoms with Crippen molar-refractivity contribution in [1.29, 1.82) is 0 Å². The highest BCUT2D eigenvalue weighted by atomic mass is 16.5. The Morgan fingerprint density at radius 1 is 1.22 bits per heavy atom. The fourth-order valence-electron chi connectivity index (χ4n) is 3.64. The summed E-state index contributed by atoms with van der Waals surface area (Å²) in [5.41, 5.74) is 7.56. The van der Waals surface area contributed by atoms with Crippen LogP contribution in [0, 0.1) is 17.8 Å². The van der Waals surface area contributed by atoms with Gasteiger partial charge in [0.1, 0.15) is 0 Å². The Morgan fingerprint density at radius 3 is 2.43 bits per heavy atom. The zero-order chi connectivity index (χ0) is 17.4. The maximum atomic E-state index is 12.5. The molecule has 0 aromatic rings. The molecule has 1 fully saturated rings.